The van der Waals surface area contributed by atoms with Crippen molar-refractivity contribution < 1.29 is 18.9 Å². The molecule has 6 heteroatoms. The number of rotatable bonds is 19. The fourth-order valence-corrected chi connectivity index (χ4v) is 8.59. The minimum atomic E-state index is 0.140. The van der Waals surface area contributed by atoms with E-state index < -0.39 is 0 Å². The zero-order chi connectivity index (χ0) is 17.9. The largest absolute Gasteiger partial charge is 0.385 e. The molecule has 0 heterocycles. The molecule has 0 aliphatic carbocycles. The SMILES string of the molecule is COCCCP(CCCOC)CCP(CCCOC)CCCOC. The molecule has 24 heavy (non-hydrogen) atoms. The van der Waals surface area contributed by atoms with E-state index in [9.17, 15) is 0 Å². The molecule has 146 valence electrons. The van der Waals surface area contributed by atoms with Gasteiger partial charge in [0.1, 0.15) is 0 Å². The van der Waals surface area contributed by atoms with Crippen molar-refractivity contribution in [1.82, 2.24) is 0 Å². The molecule has 0 spiro atoms. The second-order valence-corrected chi connectivity index (χ2v) is 11.4. The van der Waals surface area contributed by atoms with E-state index in [4.69, 9.17) is 18.9 Å². The van der Waals surface area contributed by atoms with Crippen molar-refractivity contribution in [3.63, 3.8) is 0 Å². The predicted octanol–water partition coefficient (Wildman–Crippen LogP) is 4.10. The van der Waals surface area contributed by atoms with Gasteiger partial charge in [-0.2, -0.15) is 0 Å². The summed E-state index contributed by atoms with van der Waals surface area (Å²) in [5, 5.41) is 0. The van der Waals surface area contributed by atoms with Gasteiger partial charge in [-0.3, -0.25) is 0 Å². The van der Waals surface area contributed by atoms with Gasteiger partial charge in [0.2, 0.25) is 0 Å². The summed E-state index contributed by atoms with van der Waals surface area (Å²) in [5.74, 6) is 0. The summed E-state index contributed by atoms with van der Waals surface area (Å²) in [6.45, 7) is 3.61. The van der Waals surface area contributed by atoms with Crippen LogP contribution in [0.2, 0.25) is 0 Å². The first-order valence-corrected chi connectivity index (χ1v) is 13.0. The van der Waals surface area contributed by atoms with Gasteiger partial charge >= 0.3 is 0 Å². The highest BCUT2D eigenvalue weighted by Crippen LogP contribution is 2.44. The van der Waals surface area contributed by atoms with E-state index in [0.717, 1.165) is 26.4 Å². The molecule has 0 aliphatic rings. The molecule has 0 aromatic carbocycles. The van der Waals surface area contributed by atoms with Gasteiger partial charge in [0.05, 0.1) is 0 Å². The lowest BCUT2D eigenvalue weighted by Gasteiger charge is -2.23. The minimum absolute atomic E-state index is 0.140. The van der Waals surface area contributed by atoms with E-state index in [1.165, 1.54) is 62.7 Å². The van der Waals surface area contributed by atoms with E-state index in [-0.39, 0.29) is 15.8 Å². The van der Waals surface area contributed by atoms with Crippen molar-refractivity contribution in [2.45, 2.75) is 25.7 Å². The molecule has 0 N–H and O–H groups in total. The van der Waals surface area contributed by atoms with Crippen LogP contribution in [0.4, 0.5) is 0 Å². The van der Waals surface area contributed by atoms with Gasteiger partial charge in [-0.15, -0.1) is 15.8 Å². The van der Waals surface area contributed by atoms with Crippen molar-refractivity contribution in [2.24, 2.45) is 0 Å². The highest BCUT2D eigenvalue weighted by molar-refractivity contribution is 7.61. The van der Waals surface area contributed by atoms with Crippen LogP contribution in [0.25, 0.3) is 0 Å². The third kappa shape index (κ3) is 16.2. The summed E-state index contributed by atoms with van der Waals surface area (Å²) in [7, 11) is 7.49. The first kappa shape index (κ1) is 24.7. The smallest absolute Gasteiger partial charge is 0.0465 e. The van der Waals surface area contributed by atoms with E-state index in [2.05, 4.69) is 0 Å². The van der Waals surface area contributed by atoms with Crippen LogP contribution in [-0.2, 0) is 18.9 Å². The van der Waals surface area contributed by atoms with Crippen LogP contribution in [0, 0.1) is 0 Å². The molecule has 0 bridgehead atoms. The van der Waals surface area contributed by atoms with Crippen LogP contribution in [0.1, 0.15) is 25.7 Å². The number of ether oxygens (including phenoxy) is 4. The average Bonchev–Trinajstić information content (AvgIpc) is 2.59. The zero-order valence-corrected chi connectivity index (χ0v) is 18.2. The topological polar surface area (TPSA) is 36.9 Å². The van der Waals surface area contributed by atoms with E-state index in [1.807, 2.05) is 0 Å². The maximum atomic E-state index is 5.24. The van der Waals surface area contributed by atoms with Gasteiger partial charge in [0.25, 0.3) is 0 Å². The molecule has 4 nitrogen and oxygen atoms in total. The molecular weight excluding hydrogens is 342 g/mol. The molecule has 0 rings (SSSR count). The second kappa shape index (κ2) is 20.0. The van der Waals surface area contributed by atoms with Crippen LogP contribution in [0.5, 0.6) is 0 Å². The molecular formula is C18H40O4P2. The van der Waals surface area contributed by atoms with Crippen molar-refractivity contribution in [2.75, 3.05) is 91.8 Å². The lowest BCUT2D eigenvalue weighted by Crippen LogP contribution is -2.07. The maximum absolute atomic E-state index is 5.24. The molecule has 0 amide bonds. The van der Waals surface area contributed by atoms with Crippen LogP contribution in [0.15, 0.2) is 0 Å². The summed E-state index contributed by atoms with van der Waals surface area (Å²) < 4.78 is 20.9. The third-order valence-corrected chi connectivity index (χ3v) is 9.88. The van der Waals surface area contributed by atoms with Gasteiger partial charge in [-0.05, 0) is 62.7 Å². The maximum Gasteiger partial charge on any atom is 0.0465 e. The van der Waals surface area contributed by atoms with E-state index in [0.29, 0.717) is 0 Å². The van der Waals surface area contributed by atoms with Crippen LogP contribution in [-0.4, -0.2) is 91.8 Å². The lowest BCUT2D eigenvalue weighted by atomic mass is 10.5. The summed E-state index contributed by atoms with van der Waals surface area (Å²) in [5.41, 5.74) is 0. The van der Waals surface area contributed by atoms with Gasteiger partial charge in [0.15, 0.2) is 0 Å². The molecule has 0 saturated carbocycles. The molecule has 0 radical (unpaired) electrons. The molecule has 0 aromatic heterocycles. The number of hydrogen-bond acceptors (Lipinski definition) is 4. The second-order valence-electron chi connectivity index (χ2n) is 6.07. The Kier molecular flexibility index (Phi) is 20.6. The highest BCUT2D eigenvalue weighted by Gasteiger charge is 2.13. The standard InChI is InChI=1S/C18H40O4P2/c1-19-9-5-13-23(14-6-10-20-2)17-18-24(15-7-11-21-3)16-8-12-22-4/h5-18H2,1-4H3. The first-order valence-electron chi connectivity index (χ1n) is 9.19. The molecule has 0 aromatic rings. The summed E-state index contributed by atoms with van der Waals surface area (Å²) >= 11 is 0. The van der Waals surface area contributed by atoms with Crippen molar-refractivity contribution in [3.05, 3.63) is 0 Å². The molecule has 0 aliphatic heterocycles. The number of methoxy groups -OCH3 is 4. The summed E-state index contributed by atoms with van der Waals surface area (Å²) in [6, 6.07) is 0. The van der Waals surface area contributed by atoms with E-state index >= 15 is 0 Å². The Balaban J connectivity index is 4.21. The average molecular weight is 382 g/mol. The van der Waals surface area contributed by atoms with Gasteiger partial charge < -0.3 is 18.9 Å². The molecule has 0 saturated heterocycles. The van der Waals surface area contributed by atoms with Crippen molar-refractivity contribution in [3.8, 4) is 0 Å². The zero-order valence-electron chi connectivity index (χ0n) is 16.4. The Bertz CT molecular complexity index is 201. The molecule has 0 fully saturated rings. The van der Waals surface area contributed by atoms with Crippen molar-refractivity contribution in [1.29, 1.82) is 0 Å². The lowest BCUT2D eigenvalue weighted by molar-refractivity contribution is 0.198. The number of hydrogen-bond donors (Lipinski definition) is 0. The first-order chi connectivity index (χ1) is 11.8. The highest BCUT2D eigenvalue weighted by atomic mass is 31.1. The van der Waals surface area contributed by atoms with Gasteiger partial charge in [-0.1, -0.05) is 0 Å². The predicted molar refractivity (Wildman–Crippen MR) is 109 cm³/mol. The summed E-state index contributed by atoms with van der Waals surface area (Å²) in [4.78, 5) is 0. The minimum Gasteiger partial charge on any atom is -0.385 e. The van der Waals surface area contributed by atoms with Crippen LogP contribution < -0.4 is 0 Å². The Morgan fingerprint density at radius 3 is 0.875 bits per heavy atom. The molecule has 0 unspecified atom stereocenters. The third-order valence-electron chi connectivity index (χ3n) is 4.02. The van der Waals surface area contributed by atoms with Crippen LogP contribution >= 0.6 is 15.8 Å². The Hall–Kier alpha value is 0.700. The Labute approximate surface area is 152 Å². The Morgan fingerprint density at radius 2 is 0.667 bits per heavy atom. The van der Waals surface area contributed by atoms with E-state index in [1.54, 1.807) is 28.4 Å². The Morgan fingerprint density at radius 1 is 0.417 bits per heavy atom. The van der Waals surface area contributed by atoms with Crippen molar-refractivity contribution >= 4 is 15.8 Å². The fourth-order valence-electron chi connectivity index (χ4n) is 2.68. The van der Waals surface area contributed by atoms with Crippen LogP contribution in [0.3, 0.4) is 0 Å². The normalized spacial score (nSPS) is 11.8. The quantitative estimate of drug-likeness (QED) is 0.249. The van der Waals surface area contributed by atoms with Gasteiger partial charge in [-0.25, -0.2) is 0 Å². The summed E-state index contributed by atoms with van der Waals surface area (Å²) in [6.07, 6.45) is 13.1. The fraction of sp³-hybridized carbons (Fsp3) is 1.00. The van der Waals surface area contributed by atoms with Gasteiger partial charge in [0, 0.05) is 54.9 Å². The molecule has 0 atom stereocenters. The monoisotopic (exact) mass is 382 g/mol.